The second-order valence-electron chi connectivity index (χ2n) is 4.16. The minimum atomic E-state index is -0.180. The van der Waals surface area contributed by atoms with E-state index in [-0.39, 0.29) is 5.82 Å². The molecule has 1 aromatic rings. The molecule has 0 aromatic heterocycles. The van der Waals surface area contributed by atoms with Gasteiger partial charge in [0.1, 0.15) is 5.82 Å². The minimum Gasteiger partial charge on any atom is -0.377 e. The maximum atomic E-state index is 13.5. The molecular formula is C14H22FNO. The summed E-state index contributed by atoms with van der Waals surface area (Å²) in [6.07, 6.45) is 2.06. The number of benzene rings is 1. The number of halogens is 1. The maximum absolute atomic E-state index is 13.5. The van der Waals surface area contributed by atoms with Gasteiger partial charge in [-0.25, -0.2) is 4.39 Å². The van der Waals surface area contributed by atoms with Crippen molar-refractivity contribution in [3.05, 3.63) is 35.1 Å². The molecule has 0 aliphatic carbocycles. The minimum absolute atomic E-state index is 0.180. The summed E-state index contributed by atoms with van der Waals surface area (Å²) in [5.74, 6) is -0.180. The first-order chi connectivity index (χ1) is 8.27. The largest absolute Gasteiger partial charge is 0.377 e. The van der Waals surface area contributed by atoms with E-state index in [1.807, 2.05) is 19.1 Å². The van der Waals surface area contributed by atoms with Gasteiger partial charge in [0.05, 0.1) is 6.61 Å². The van der Waals surface area contributed by atoms with Gasteiger partial charge in [-0.05, 0) is 37.1 Å². The summed E-state index contributed by atoms with van der Waals surface area (Å²) in [7, 11) is 0. The van der Waals surface area contributed by atoms with Crippen LogP contribution in [0, 0.1) is 5.82 Å². The van der Waals surface area contributed by atoms with Crippen LogP contribution in [0.2, 0.25) is 0 Å². The molecule has 1 aromatic carbocycles. The first-order valence-electron chi connectivity index (χ1n) is 6.33. The van der Waals surface area contributed by atoms with E-state index >= 15 is 0 Å². The van der Waals surface area contributed by atoms with Gasteiger partial charge in [-0.2, -0.15) is 0 Å². The fraction of sp³-hybridized carbons (Fsp3) is 0.571. The zero-order chi connectivity index (χ0) is 12.5. The zero-order valence-electron chi connectivity index (χ0n) is 10.8. The van der Waals surface area contributed by atoms with E-state index in [0.717, 1.165) is 31.5 Å². The summed E-state index contributed by atoms with van der Waals surface area (Å²) >= 11 is 0. The van der Waals surface area contributed by atoms with Crippen LogP contribution in [-0.4, -0.2) is 13.2 Å². The maximum Gasteiger partial charge on any atom is 0.128 e. The molecule has 3 heteroatoms. The predicted octanol–water partition coefficient (Wildman–Crippen LogP) is 3.25. The van der Waals surface area contributed by atoms with Crippen LogP contribution < -0.4 is 5.32 Å². The molecule has 0 fully saturated rings. The third-order valence-electron chi connectivity index (χ3n) is 2.47. The van der Waals surface area contributed by atoms with Gasteiger partial charge in [0, 0.05) is 18.7 Å². The van der Waals surface area contributed by atoms with Gasteiger partial charge < -0.3 is 10.1 Å². The molecule has 1 N–H and O–H groups in total. The van der Waals surface area contributed by atoms with Crippen molar-refractivity contribution in [1.82, 2.24) is 5.32 Å². The summed E-state index contributed by atoms with van der Waals surface area (Å²) in [6.45, 7) is 6.98. The number of rotatable bonds is 8. The molecule has 0 bridgehead atoms. The Morgan fingerprint density at radius 2 is 2.06 bits per heavy atom. The molecule has 0 heterocycles. The Hall–Kier alpha value is -0.930. The van der Waals surface area contributed by atoms with Gasteiger partial charge in [-0.3, -0.25) is 0 Å². The van der Waals surface area contributed by atoms with E-state index in [2.05, 4.69) is 12.2 Å². The van der Waals surface area contributed by atoms with Crippen molar-refractivity contribution in [2.75, 3.05) is 13.2 Å². The highest BCUT2D eigenvalue weighted by atomic mass is 19.1. The van der Waals surface area contributed by atoms with Crippen LogP contribution in [0.4, 0.5) is 4.39 Å². The van der Waals surface area contributed by atoms with Crippen molar-refractivity contribution in [2.24, 2.45) is 0 Å². The molecule has 0 radical (unpaired) electrons. The molecule has 0 aliphatic rings. The summed E-state index contributed by atoms with van der Waals surface area (Å²) in [6, 6.07) is 5.22. The Labute approximate surface area is 103 Å². The van der Waals surface area contributed by atoms with Gasteiger partial charge in [0.25, 0.3) is 0 Å². The molecule has 0 aliphatic heterocycles. The van der Waals surface area contributed by atoms with Gasteiger partial charge in [0.2, 0.25) is 0 Å². The molecule has 17 heavy (non-hydrogen) atoms. The van der Waals surface area contributed by atoms with Crippen LogP contribution in [0.25, 0.3) is 0 Å². The van der Waals surface area contributed by atoms with Gasteiger partial charge in [0.15, 0.2) is 0 Å². The number of ether oxygens (including phenoxy) is 1. The quantitative estimate of drug-likeness (QED) is 0.703. The molecule has 0 unspecified atom stereocenters. The van der Waals surface area contributed by atoms with E-state index in [1.54, 1.807) is 0 Å². The fourth-order valence-electron chi connectivity index (χ4n) is 1.58. The van der Waals surface area contributed by atoms with Crippen LogP contribution in [0.3, 0.4) is 0 Å². The SMILES string of the molecule is CCCNCc1ccc(F)c(COCCC)c1. The van der Waals surface area contributed by atoms with Crippen LogP contribution in [0.15, 0.2) is 18.2 Å². The highest BCUT2D eigenvalue weighted by molar-refractivity contribution is 5.24. The monoisotopic (exact) mass is 239 g/mol. The number of hydrogen-bond acceptors (Lipinski definition) is 2. The molecule has 0 saturated heterocycles. The highest BCUT2D eigenvalue weighted by Crippen LogP contribution is 2.12. The van der Waals surface area contributed by atoms with Crippen molar-refractivity contribution >= 4 is 0 Å². The van der Waals surface area contributed by atoms with Gasteiger partial charge in [-0.15, -0.1) is 0 Å². The predicted molar refractivity (Wildman–Crippen MR) is 68.3 cm³/mol. The third kappa shape index (κ3) is 5.29. The molecule has 0 amide bonds. The average molecular weight is 239 g/mol. The van der Waals surface area contributed by atoms with Crippen molar-refractivity contribution in [3.63, 3.8) is 0 Å². The van der Waals surface area contributed by atoms with E-state index in [0.29, 0.717) is 18.8 Å². The lowest BCUT2D eigenvalue weighted by atomic mass is 10.1. The molecule has 1 rings (SSSR count). The normalized spacial score (nSPS) is 10.8. The summed E-state index contributed by atoms with van der Waals surface area (Å²) < 4.78 is 18.9. The second-order valence-corrected chi connectivity index (χ2v) is 4.16. The third-order valence-corrected chi connectivity index (χ3v) is 2.47. The lowest BCUT2D eigenvalue weighted by Gasteiger charge is -2.08. The fourth-order valence-corrected chi connectivity index (χ4v) is 1.58. The lowest BCUT2D eigenvalue weighted by molar-refractivity contribution is 0.119. The second kappa shape index (κ2) is 8.20. The molecule has 0 spiro atoms. The summed E-state index contributed by atoms with van der Waals surface area (Å²) in [5.41, 5.74) is 1.75. The van der Waals surface area contributed by atoms with E-state index in [4.69, 9.17) is 4.74 Å². The van der Waals surface area contributed by atoms with Crippen molar-refractivity contribution in [2.45, 2.75) is 39.8 Å². The number of hydrogen-bond donors (Lipinski definition) is 1. The van der Waals surface area contributed by atoms with Gasteiger partial charge >= 0.3 is 0 Å². The van der Waals surface area contributed by atoms with Crippen LogP contribution in [0.1, 0.15) is 37.8 Å². The van der Waals surface area contributed by atoms with Crippen molar-refractivity contribution in [1.29, 1.82) is 0 Å². The molecule has 2 nitrogen and oxygen atoms in total. The molecule has 0 saturated carbocycles. The number of nitrogens with one attached hydrogen (secondary N) is 1. The van der Waals surface area contributed by atoms with Crippen LogP contribution in [-0.2, 0) is 17.9 Å². The highest BCUT2D eigenvalue weighted by Gasteiger charge is 2.03. The van der Waals surface area contributed by atoms with Gasteiger partial charge in [-0.1, -0.05) is 19.9 Å². The summed E-state index contributed by atoms with van der Waals surface area (Å²) in [4.78, 5) is 0. The van der Waals surface area contributed by atoms with Crippen LogP contribution in [0.5, 0.6) is 0 Å². The average Bonchev–Trinajstić information content (AvgIpc) is 2.33. The Bertz CT molecular complexity index is 328. The van der Waals surface area contributed by atoms with Crippen LogP contribution >= 0.6 is 0 Å². The Balaban J connectivity index is 2.53. The first kappa shape index (κ1) is 14.1. The van der Waals surface area contributed by atoms with Crippen molar-refractivity contribution < 1.29 is 9.13 Å². The lowest BCUT2D eigenvalue weighted by Crippen LogP contribution is -2.14. The van der Waals surface area contributed by atoms with E-state index < -0.39 is 0 Å². The Kier molecular flexibility index (Phi) is 6.82. The smallest absolute Gasteiger partial charge is 0.128 e. The first-order valence-corrected chi connectivity index (χ1v) is 6.33. The molecular weight excluding hydrogens is 217 g/mol. The zero-order valence-corrected chi connectivity index (χ0v) is 10.8. The molecule has 0 atom stereocenters. The Morgan fingerprint density at radius 3 is 2.76 bits per heavy atom. The Morgan fingerprint density at radius 1 is 1.24 bits per heavy atom. The topological polar surface area (TPSA) is 21.3 Å². The van der Waals surface area contributed by atoms with E-state index in [9.17, 15) is 4.39 Å². The van der Waals surface area contributed by atoms with E-state index in [1.165, 1.54) is 6.07 Å². The standard InChI is InChI=1S/C14H22FNO/c1-3-7-16-10-12-5-6-14(15)13(9-12)11-17-8-4-2/h5-6,9,16H,3-4,7-8,10-11H2,1-2H3. The summed E-state index contributed by atoms with van der Waals surface area (Å²) in [5, 5.41) is 3.30. The van der Waals surface area contributed by atoms with Crippen molar-refractivity contribution in [3.8, 4) is 0 Å². The molecule has 96 valence electrons.